The van der Waals surface area contributed by atoms with Crippen LogP contribution in [0.2, 0.25) is 0 Å². The van der Waals surface area contributed by atoms with Gasteiger partial charge >= 0.3 is 12.2 Å². The zero-order valence-electron chi connectivity index (χ0n) is 23.8. The van der Waals surface area contributed by atoms with Gasteiger partial charge in [0, 0.05) is 24.7 Å². The standard InChI is InChI=1S/C28H37N7O4/c1-17-10-11-19-18(14-17)15-20(35(19)26(37)39-28(5,6)7)22-21-23(29)31-16-32-24(21)34(33-22)13-9-8-12-30-25(36)38-27(2,3)4/h10-11,14,16H,8-9,12-13,15H2,1-7H3,(H2-,29,30,31,32,33,36)/p+1. The van der Waals surface area contributed by atoms with Crippen LogP contribution >= 0.6 is 0 Å². The normalized spacial score (nSPS) is 13.5. The zero-order chi connectivity index (χ0) is 28.5. The fourth-order valence-electron chi connectivity index (χ4n) is 4.46. The quantitative estimate of drug-likeness (QED) is 0.343. The summed E-state index contributed by atoms with van der Waals surface area (Å²) in [5, 5.41) is 8.25. The van der Waals surface area contributed by atoms with Crippen LogP contribution < -0.4 is 11.1 Å². The number of aryl methyl sites for hydroxylation is 2. The molecule has 3 heterocycles. The predicted octanol–water partition coefficient (Wildman–Crippen LogP) is 4.65. The van der Waals surface area contributed by atoms with E-state index in [1.807, 2.05) is 60.6 Å². The number of carbonyl (C=O) groups is 2. The molecule has 4 rings (SSSR count). The van der Waals surface area contributed by atoms with Gasteiger partial charge in [-0.1, -0.05) is 16.2 Å². The minimum absolute atomic E-state index is 0.289. The van der Waals surface area contributed by atoms with E-state index in [4.69, 9.17) is 20.3 Å². The second-order valence-corrected chi connectivity index (χ2v) is 11.7. The van der Waals surface area contributed by atoms with Gasteiger partial charge in [-0.05, 0) is 67.4 Å². The molecule has 1 aliphatic rings. The van der Waals surface area contributed by atoms with E-state index in [1.165, 1.54) is 6.33 Å². The van der Waals surface area contributed by atoms with E-state index < -0.39 is 23.4 Å². The Bertz CT molecular complexity index is 1440. The number of amides is 2. The topological polar surface area (TPSA) is 137 Å². The van der Waals surface area contributed by atoms with Gasteiger partial charge in [-0.15, -0.1) is 0 Å². The molecular formula is C28H38N7O4+. The Kier molecular flexibility index (Phi) is 7.63. The van der Waals surface area contributed by atoms with E-state index in [-0.39, 0.29) is 5.82 Å². The van der Waals surface area contributed by atoms with Gasteiger partial charge in [0.25, 0.3) is 0 Å². The van der Waals surface area contributed by atoms with Gasteiger partial charge in [0.1, 0.15) is 23.3 Å². The third-order valence-electron chi connectivity index (χ3n) is 5.98. The number of fused-ring (bicyclic) bond motifs is 2. The first-order valence-corrected chi connectivity index (χ1v) is 13.2. The van der Waals surface area contributed by atoms with E-state index in [1.54, 1.807) is 9.26 Å². The van der Waals surface area contributed by atoms with Gasteiger partial charge in [-0.2, -0.15) is 9.89 Å². The number of nitrogens with zero attached hydrogens (tertiary/aromatic N) is 5. The number of hydrogen-bond donors (Lipinski definition) is 2. The highest BCUT2D eigenvalue weighted by atomic mass is 16.6. The van der Waals surface area contributed by atoms with Crippen molar-refractivity contribution in [3.05, 3.63) is 41.3 Å². The third-order valence-corrected chi connectivity index (χ3v) is 5.98. The highest BCUT2D eigenvalue weighted by Crippen LogP contribution is 2.33. The molecule has 0 unspecified atom stereocenters. The summed E-state index contributed by atoms with van der Waals surface area (Å²) in [6, 6.07) is 5.97. The van der Waals surface area contributed by atoms with E-state index in [0.29, 0.717) is 48.4 Å². The average molecular weight is 537 g/mol. The summed E-state index contributed by atoms with van der Waals surface area (Å²) >= 11 is 0. The van der Waals surface area contributed by atoms with Crippen LogP contribution in [0.15, 0.2) is 24.5 Å². The summed E-state index contributed by atoms with van der Waals surface area (Å²) in [4.78, 5) is 34.0. The second kappa shape index (κ2) is 10.6. The maximum absolute atomic E-state index is 13.4. The molecule has 3 N–H and O–H groups in total. The fraction of sp³-hybridized carbons (Fsp3) is 0.500. The highest BCUT2D eigenvalue weighted by Gasteiger charge is 2.42. The molecule has 1 aromatic carbocycles. The lowest BCUT2D eigenvalue weighted by molar-refractivity contribution is -0.360. The zero-order valence-corrected chi connectivity index (χ0v) is 23.8. The van der Waals surface area contributed by atoms with Crippen LogP contribution in [0.4, 0.5) is 21.1 Å². The van der Waals surface area contributed by atoms with Crippen LogP contribution in [0.25, 0.3) is 11.0 Å². The Hall–Kier alpha value is -4.02. The Morgan fingerprint density at radius 2 is 1.79 bits per heavy atom. The number of benzene rings is 1. The van der Waals surface area contributed by atoms with Crippen LogP contribution in [-0.2, 0) is 22.4 Å². The first-order valence-electron chi connectivity index (χ1n) is 13.2. The molecule has 0 bridgehead atoms. The lowest BCUT2D eigenvalue weighted by Crippen LogP contribution is -2.33. The van der Waals surface area contributed by atoms with Crippen molar-refractivity contribution >= 4 is 40.4 Å². The van der Waals surface area contributed by atoms with E-state index >= 15 is 0 Å². The molecular weight excluding hydrogens is 498 g/mol. The van der Waals surface area contributed by atoms with Gasteiger partial charge < -0.3 is 20.5 Å². The molecule has 0 spiro atoms. The molecule has 0 saturated heterocycles. The maximum atomic E-state index is 13.4. The maximum Gasteiger partial charge on any atom is 0.603 e. The van der Waals surface area contributed by atoms with Crippen molar-refractivity contribution in [1.82, 2.24) is 25.1 Å². The first kappa shape index (κ1) is 28.0. The molecule has 39 heavy (non-hydrogen) atoms. The number of unbranched alkanes of at least 4 members (excludes halogenated alkanes) is 1. The summed E-state index contributed by atoms with van der Waals surface area (Å²) in [5.74, 6) is 0.289. The van der Waals surface area contributed by atoms with Crippen molar-refractivity contribution in [2.24, 2.45) is 0 Å². The van der Waals surface area contributed by atoms with Crippen molar-refractivity contribution in [3.63, 3.8) is 0 Å². The average Bonchev–Trinajstić information content (AvgIpc) is 3.35. The number of nitrogens with two attached hydrogens (primary N) is 1. The van der Waals surface area contributed by atoms with E-state index in [0.717, 1.165) is 23.2 Å². The van der Waals surface area contributed by atoms with Crippen molar-refractivity contribution < 1.29 is 23.6 Å². The highest BCUT2D eigenvalue weighted by molar-refractivity contribution is 6.12. The van der Waals surface area contributed by atoms with Crippen LogP contribution in [0.3, 0.4) is 0 Å². The molecule has 0 aliphatic carbocycles. The number of carbonyl (C=O) groups excluding carboxylic acids is 2. The summed E-state index contributed by atoms with van der Waals surface area (Å²) in [6.45, 7) is 14.0. The van der Waals surface area contributed by atoms with Gasteiger partial charge in [-0.3, -0.25) is 0 Å². The Morgan fingerprint density at radius 3 is 2.49 bits per heavy atom. The summed E-state index contributed by atoms with van der Waals surface area (Å²) in [7, 11) is 0. The van der Waals surface area contributed by atoms with Gasteiger partial charge in [0.2, 0.25) is 11.4 Å². The third kappa shape index (κ3) is 6.52. The lowest BCUT2D eigenvalue weighted by Gasteiger charge is -2.19. The van der Waals surface area contributed by atoms with E-state index in [9.17, 15) is 9.59 Å². The van der Waals surface area contributed by atoms with Crippen molar-refractivity contribution in [3.8, 4) is 0 Å². The molecule has 0 radical (unpaired) electrons. The van der Waals surface area contributed by atoms with Crippen LogP contribution in [0.5, 0.6) is 0 Å². The van der Waals surface area contributed by atoms with Crippen LogP contribution in [-0.4, -0.2) is 60.0 Å². The van der Waals surface area contributed by atoms with Crippen molar-refractivity contribution in [1.29, 1.82) is 0 Å². The minimum Gasteiger partial charge on any atom is -0.444 e. The summed E-state index contributed by atoms with van der Waals surface area (Å²) in [6.07, 6.45) is 2.40. The minimum atomic E-state index is -0.674. The van der Waals surface area contributed by atoms with Gasteiger partial charge in [-0.25, -0.2) is 19.4 Å². The van der Waals surface area contributed by atoms with Crippen molar-refractivity contribution in [2.45, 2.75) is 85.5 Å². The molecule has 11 heteroatoms. The molecule has 1 aliphatic heterocycles. The monoisotopic (exact) mass is 536 g/mol. The first-order chi connectivity index (χ1) is 18.2. The number of hydrogen-bond acceptors (Lipinski definition) is 8. The number of anilines is 1. The molecule has 11 nitrogen and oxygen atoms in total. The lowest BCUT2D eigenvalue weighted by atomic mass is 10.0. The largest absolute Gasteiger partial charge is 0.603 e. The summed E-state index contributed by atoms with van der Waals surface area (Å²) < 4.78 is 14.4. The number of nitrogens with one attached hydrogen (secondary N) is 1. The molecule has 3 aromatic rings. The number of ether oxygens (including phenoxy) is 2. The van der Waals surface area contributed by atoms with E-state index in [2.05, 4.69) is 21.4 Å². The number of rotatable bonds is 6. The SMILES string of the molecule is Cc1ccc2c(c1)CC(c1nn(CCCCNC(=O)OC(C)(C)C)c3ncnc(N)c13)=[N+]2C(=O)OC(C)(C)C. The smallest absolute Gasteiger partial charge is 0.444 e. The predicted molar refractivity (Wildman–Crippen MR) is 148 cm³/mol. The molecule has 2 amide bonds. The number of aromatic nitrogens is 4. The van der Waals surface area contributed by atoms with Gasteiger partial charge in [0.15, 0.2) is 11.3 Å². The Labute approximate surface area is 228 Å². The molecule has 0 fully saturated rings. The van der Waals surface area contributed by atoms with Crippen LogP contribution in [0.1, 0.15) is 71.2 Å². The second-order valence-electron chi connectivity index (χ2n) is 11.7. The molecule has 0 atom stereocenters. The molecule has 0 saturated carbocycles. The Morgan fingerprint density at radius 1 is 1.08 bits per heavy atom. The molecule has 2 aromatic heterocycles. The van der Waals surface area contributed by atoms with Crippen LogP contribution in [0, 0.1) is 6.92 Å². The van der Waals surface area contributed by atoms with Gasteiger partial charge in [0.05, 0.1) is 11.8 Å². The molecule has 208 valence electrons. The fourth-order valence-corrected chi connectivity index (χ4v) is 4.46. The Balaban J connectivity index is 1.64. The summed E-state index contributed by atoms with van der Waals surface area (Å²) in [5.41, 5.74) is 9.78. The number of alkyl carbamates (subject to hydrolysis) is 1. The van der Waals surface area contributed by atoms with Crippen molar-refractivity contribution in [2.75, 3.05) is 12.3 Å². The number of nitrogen functional groups attached to an aromatic ring is 1.